The van der Waals surface area contributed by atoms with E-state index in [9.17, 15) is 15.2 Å². The number of amides is 1. The maximum absolute atomic E-state index is 12.9. The van der Waals surface area contributed by atoms with Crippen molar-refractivity contribution in [3.63, 3.8) is 0 Å². The molecule has 0 heterocycles. The number of benzene rings is 2. The molecule has 2 aromatic rings. The Balaban J connectivity index is 2.56. The summed E-state index contributed by atoms with van der Waals surface area (Å²) in [6.07, 6.45) is 1.56. The minimum Gasteiger partial charge on any atom is -0.507 e. The first-order valence-corrected chi connectivity index (χ1v) is 11.5. The number of nitrogens with zero attached hydrogens (tertiary/aromatic N) is 1. The SMILES string of the molecule is Cc1cc(Br)c(NC(=O)/C(C#N)=C/c2cc(C(C)(C)C)c(O)c(C(C)(C)C)c2)c(Br)c1. The largest absolute Gasteiger partial charge is 0.507 e. The van der Waals surface area contributed by atoms with Crippen molar-refractivity contribution in [1.82, 2.24) is 0 Å². The molecule has 2 N–H and O–H groups in total. The van der Waals surface area contributed by atoms with E-state index in [4.69, 9.17) is 0 Å². The highest BCUT2D eigenvalue weighted by Crippen LogP contribution is 2.40. The van der Waals surface area contributed by atoms with Crippen molar-refractivity contribution in [2.45, 2.75) is 59.3 Å². The fraction of sp³-hybridized carbons (Fsp3) is 0.360. The van der Waals surface area contributed by atoms with Gasteiger partial charge in [0, 0.05) is 20.1 Å². The lowest BCUT2D eigenvalue weighted by Crippen LogP contribution is -2.18. The maximum atomic E-state index is 12.9. The van der Waals surface area contributed by atoms with Gasteiger partial charge in [-0.25, -0.2) is 0 Å². The molecule has 0 spiro atoms. The van der Waals surface area contributed by atoms with Crippen LogP contribution in [0, 0.1) is 18.3 Å². The zero-order chi connectivity index (χ0) is 23.7. The molecule has 0 aliphatic carbocycles. The first-order valence-electron chi connectivity index (χ1n) is 9.92. The highest BCUT2D eigenvalue weighted by molar-refractivity contribution is 9.11. The number of phenolic OH excluding ortho intramolecular Hbond substituents is 1. The van der Waals surface area contributed by atoms with Gasteiger partial charge in [0.15, 0.2) is 0 Å². The van der Waals surface area contributed by atoms with Crippen LogP contribution >= 0.6 is 31.9 Å². The number of aryl methyl sites for hydroxylation is 1. The Labute approximate surface area is 201 Å². The van der Waals surface area contributed by atoms with Crippen LogP contribution in [-0.2, 0) is 15.6 Å². The quantitative estimate of drug-likeness (QED) is 0.311. The summed E-state index contributed by atoms with van der Waals surface area (Å²) in [6.45, 7) is 14.1. The Morgan fingerprint density at radius 2 is 1.45 bits per heavy atom. The predicted molar refractivity (Wildman–Crippen MR) is 134 cm³/mol. The monoisotopic (exact) mass is 546 g/mol. The van der Waals surface area contributed by atoms with Gasteiger partial charge in [-0.15, -0.1) is 0 Å². The van der Waals surface area contributed by atoms with Crippen LogP contribution < -0.4 is 5.32 Å². The lowest BCUT2D eigenvalue weighted by molar-refractivity contribution is -0.112. The molecule has 0 aliphatic heterocycles. The summed E-state index contributed by atoms with van der Waals surface area (Å²) < 4.78 is 1.44. The summed E-state index contributed by atoms with van der Waals surface area (Å²) in [6, 6.07) is 9.47. The van der Waals surface area contributed by atoms with Crippen molar-refractivity contribution >= 4 is 49.5 Å². The number of hydrogen-bond donors (Lipinski definition) is 2. The molecule has 1 amide bonds. The van der Waals surface area contributed by atoms with Crippen molar-refractivity contribution in [2.75, 3.05) is 5.32 Å². The molecule has 0 atom stereocenters. The molecule has 4 nitrogen and oxygen atoms in total. The molecule has 0 unspecified atom stereocenters. The van der Waals surface area contributed by atoms with E-state index in [1.54, 1.807) is 6.08 Å². The topological polar surface area (TPSA) is 73.1 Å². The highest BCUT2D eigenvalue weighted by atomic mass is 79.9. The van der Waals surface area contributed by atoms with Crippen molar-refractivity contribution in [3.05, 3.63) is 61.0 Å². The molecule has 2 aromatic carbocycles. The van der Waals surface area contributed by atoms with Gasteiger partial charge in [0.25, 0.3) is 5.91 Å². The fourth-order valence-electron chi connectivity index (χ4n) is 3.20. The molecular weight excluding hydrogens is 520 g/mol. The van der Waals surface area contributed by atoms with Crippen LogP contribution in [-0.4, -0.2) is 11.0 Å². The van der Waals surface area contributed by atoms with E-state index in [1.165, 1.54) is 0 Å². The molecule has 0 saturated heterocycles. The summed E-state index contributed by atoms with van der Waals surface area (Å²) in [4.78, 5) is 12.9. The highest BCUT2D eigenvalue weighted by Gasteiger charge is 2.26. The molecule has 164 valence electrons. The number of hydrogen-bond acceptors (Lipinski definition) is 3. The van der Waals surface area contributed by atoms with Crippen molar-refractivity contribution in [1.29, 1.82) is 5.26 Å². The molecule has 0 saturated carbocycles. The minimum absolute atomic E-state index is 0.0233. The summed E-state index contributed by atoms with van der Waals surface area (Å²) >= 11 is 6.92. The molecular formula is C25H28Br2N2O2. The Hall–Kier alpha value is -2.10. The van der Waals surface area contributed by atoms with Crippen molar-refractivity contribution in [2.24, 2.45) is 0 Å². The average molecular weight is 548 g/mol. The number of aromatic hydroxyl groups is 1. The number of halogens is 2. The van der Waals surface area contributed by atoms with Gasteiger partial charge in [-0.3, -0.25) is 4.79 Å². The molecule has 6 heteroatoms. The van der Waals surface area contributed by atoms with Crippen molar-refractivity contribution in [3.8, 4) is 11.8 Å². The zero-order valence-corrected chi connectivity index (χ0v) is 22.1. The van der Waals surface area contributed by atoms with E-state index in [0.29, 0.717) is 11.3 Å². The van der Waals surface area contributed by atoms with Gasteiger partial charge in [-0.1, -0.05) is 41.5 Å². The van der Waals surface area contributed by atoms with E-state index >= 15 is 0 Å². The molecule has 31 heavy (non-hydrogen) atoms. The standard InChI is InChI=1S/C25H28Br2N2O2/c1-14-8-19(26)21(20(27)9-14)29-23(31)16(13-28)10-15-11-17(24(2,3)4)22(30)18(12-15)25(5,6)7/h8-12,30H,1-7H3,(H,29,31)/b16-10+. The number of carbonyl (C=O) groups excluding carboxylic acids is 1. The zero-order valence-electron chi connectivity index (χ0n) is 18.9. The van der Waals surface area contributed by atoms with E-state index in [0.717, 1.165) is 25.6 Å². The van der Waals surface area contributed by atoms with E-state index in [1.807, 2.05) is 78.8 Å². The normalized spacial score (nSPS) is 12.5. The van der Waals surface area contributed by atoms with Gasteiger partial charge in [-0.05, 0) is 91.1 Å². The fourth-order valence-corrected chi connectivity index (χ4v) is 4.81. The summed E-state index contributed by atoms with van der Waals surface area (Å²) in [7, 11) is 0. The summed E-state index contributed by atoms with van der Waals surface area (Å²) in [5.74, 6) is -0.247. The minimum atomic E-state index is -0.504. The first kappa shape index (κ1) is 25.2. The van der Waals surface area contributed by atoms with Crippen LogP contribution in [0.2, 0.25) is 0 Å². The van der Waals surface area contributed by atoms with Crippen LogP contribution in [0.15, 0.2) is 38.8 Å². The average Bonchev–Trinajstić information content (AvgIpc) is 2.61. The second-order valence-electron chi connectivity index (χ2n) is 9.69. The van der Waals surface area contributed by atoms with Crippen LogP contribution in [0.4, 0.5) is 5.69 Å². The van der Waals surface area contributed by atoms with Crippen LogP contribution in [0.25, 0.3) is 6.08 Å². The smallest absolute Gasteiger partial charge is 0.266 e. The van der Waals surface area contributed by atoms with Crippen LogP contribution in [0.3, 0.4) is 0 Å². The van der Waals surface area contributed by atoms with Gasteiger partial charge >= 0.3 is 0 Å². The number of rotatable bonds is 3. The van der Waals surface area contributed by atoms with Gasteiger partial charge in [-0.2, -0.15) is 5.26 Å². The number of nitrogens with one attached hydrogen (secondary N) is 1. The number of nitriles is 1. The molecule has 0 aromatic heterocycles. The van der Waals surface area contributed by atoms with Gasteiger partial charge in [0.05, 0.1) is 5.69 Å². The Morgan fingerprint density at radius 3 is 1.84 bits per heavy atom. The summed E-state index contributed by atoms with van der Waals surface area (Å²) in [5, 5.41) is 23.4. The van der Waals surface area contributed by atoms with Crippen molar-refractivity contribution < 1.29 is 9.90 Å². The van der Waals surface area contributed by atoms with E-state index in [2.05, 4.69) is 37.2 Å². The third kappa shape index (κ3) is 5.99. The predicted octanol–water partition coefficient (Wildman–Crippen LogP) is 7.37. The lowest BCUT2D eigenvalue weighted by atomic mass is 9.78. The lowest BCUT2D eigenvalue weighted by Gasteiger charge is -2.28. The molecule has 0 radical (unpaired) electrons. The second-order valence-corrected chi connectivity index (χ2v) is 11.4. The van der Waals surface area contributed by atoms with Gasteiger partial charge in [0.1, 0.15) is 17.4 Å². The second kappa shape index (κ2) is 9.18. The van der Waals surface area contributed by atoms with Crippen LogP contribution in [0.1, 0.15) is 63.8 Å². The Morgan fingerprint density at radius 1 is 1.00 bits per heavy atom. The van der Waals surface area contributed by atoms with Gasteiger partial charge in [0.2, 0.25) is 0 Å². The molecule has 0 aliphatic rings. The molecule has 0 bridgehead atoms. The third-order valence-corrected chi connectivity index (χ3v) is 6.10. The molecule has 0 fully saturated rings. The number of carbonyl (C=O) groups is 1. The Kier molecular flexibility index (Phi) is 7.45. The first-order chi connectivity index (χ1) is 14.1. The Bertz CT molecular complexity index is 1040. The number of anilines is 1. The van der Waals surface area contributed by atoms with E-state index < -0.39 is 5.91 Å². The third-order valence-electron chi connectivity index (χ3n) is 4.85. The van der Waals surface area contributed by atoms with E-state index in [-0.39, 0.29) is 22.2 Å². The maximum Gasteiger partial charge on any atom is 0.266 e. The molecule has 2 rings (SSSR count). The number of phenols is 1. The van der Waals surface area contributed by atoms with Gasteiger partial charge < -0.3 is 10.4 Å². The summed E-state index contributed by atoms with van der Waals surface area (Å²) in [5.41, 5.74) is 3.20. The van der Waals surface area contributed by atoms with Crippen LogP contribution in [0.5, 0.6) is 5.75 Å².